The third kappa shape index (κ3) is 2.18. The lowest BCUT2D eigenvalue weighted by atomic mass is 10.1. The van der Waals surface area contributed by atoms with Crippen LogP contribution >= 0.6 is 11.6 Å². The van der Waals surface area contributed by atoms with Crippen molar-refractivity contribution in [2.24, 2.45) is 0 Å². The summed E-state index contributed by atoms with van der Waals surface area (Å²) in [4.78, 5) is 0. The molecule has 0 heterocycles. The van der Waals surface area contributed by atoms with E-state index < -0.39 is 6.10 Å². The fourth-order valence-corrected chi connectivity index (χ4v) is 1.43. The predicted molar refractivity (Wildman–Crippen MR) is 54.6 cm³/mol. The van der Waals surface area contributed by atoms with Crippen LogP contribution in [0, 0.1) is 0 Å². The Morgan fingerprint density at radius 2 is 2.14 bits per heavy atom. The molecule has 1 aromatic rings. The molecule has 14 heavy (non-hydrogen) atoms. The van der Waals surface area contributed by atoms with Gasteiger partial charge in [-0.25, -0.2) is 0 Å². The predicted octanol–water partition coefficient (Wildman–Crippen LogP) is 1.89. The minimum Gasteiger partial charge on any atom is -0.495 e. The van der Waals surface area contributed by atoms with Crippen molar-refractivity contribution < 1.29 is 14.9 Å². The Balaban J connectivity index is 3.25. The van der Waals surface area contributed by atoms with E-state index >= 15 is 0 Å². The molecule has 78 valence electrons. The van der Waals surface area contributed by atoms with Gasteiger partial charge in [0.2, 0.25) is 0 Å². The summed E-state index contributed by atoms with van der Waals surface area (Å²) in [5.41, 5.74) is 1.23. The fraction of sp³-hybridized carbons (Fsp3) is 0.400. The second-order valence-electron chi connectivity index (χ2n) is 3.03. The Kier molecular flexibility index (Phi) is 3.75. The molecule has 0 aromatic heterocycles. The Morgan fingerprint density at radius 1 is 1.50 bits per heavy atom. The molecule has 1 atom stereocenters. The van der Waals surface area contributed by atoms with Gasteiger partial charge in [0.15, 0.2) is 0 Å². The van der Waals surface area contributed by atoms with Gasteiger partial charge in [-0.2, -0.15) is 0 Å². The lowest BCUT2D eigenvalue weighted by Crippen LogP contribution is -1.97. The van der Waals surface area contributed by atoms with Crippen LogP contribution in [-0.2, 0) is 6.61 Å². The minimum atomic E-state index is -0.605. The molecule has 0 fully saturated rings. The van der Waals surface area contributed by atoms with Gasteiger partial charge in [-0.1, -0.05) is 11.6 Å². The van der Waals surface area contributed by atoms with E-state index in [-0.39, 0.29) is 6.61 Å². The molecule has 0 amide bonds. The zero-order valence-corrected chi connectivity index (χ0v) is 8.88. The summed E-state index contributed by atoms with van der Waals surface area (Å²) in [6.45, 7) is 1.47. The molecule has 0 aliphatic rings. The molecule has 2 N–H and O–H groups in total. The van der Waals surface area contributed by atoms with E-state index in [4.69, 9.17) is 21.4 Å². The molecule has 0 aliphatic carbocycles. The van der Waals surface area contributed by atoms with Crippen molar-refractivity contribution in [2.45, 2.75) is 19.6 Å². The van der Waals surface area contributed by atoms with Gasteiger partial charge in [0, 0.05) is 5.56 Å². The summed E-state index contributed by atoms with van der Waals surface area (Å²) in [6.07, 6.45) is -0.605. The van der Waals surface area contributed by atoms with Gasteiger partial charge in [-0.15, -0.1) is 0 Å². The largest absolute Gasteiger partial charge is 0.495 e. The first kappa shape index (κ1) is 11.3. The molecule has 4 heteroatoms. The maximum atomic E-state index is 9.37. The molecule has 0 spiro atoms. The first-order valence-corrected chi connectivity index (χ1v) is 4.63. The molecule has 0 bridgehead atoms. The van der Waals surface area contributed by atoms with E-state index in [1.807, 2.05) is 0 Å². The number of rotatable bonds is 3. The summed E-state index contributed by atoms with van der Waals surface area (Å²) in [6, 6.07) is 3.32. The van der Waals surface area contributed by atoms with Crippen molar-refractivity contribution in [2.75, 3.05) is 7.11 Å². The molecule has 0 saturated carbocycles. The fourth-order valence-electron chi connectivity index (χ4n) is 1.18. The Hall–Kier alpha value is -0.770. The molecular weight excluding hydrogens is 204 g/mol. The number of methoxy groups -OCH3 is 1. The topological polar surface area (TPSA) is 49.7 Å². The van der Waals surface area contributed by atoms with Gasteiger partial charge in [-0.05, 0) is 24.6 Å². The first-order valence-electron chi connectivity index (χ1n) is 4.25. The normalized spacial score (nSPS) is 12.6. The standard InChI is InChI=1S/C10H13ClO3/c1-6(13)7-3-8(5-12)10(11)9(4-7)14-2/h3-4,6,12-13H,5H2,1-2H3. The molecule has 1 aromatic carbocycles. The Bertz CT molecular complexity index is 298. The van der Waals surface area contributed by atoms with Crippen molar-refractivity contribution in [1.29, 1.82) is 0 Å². The third-order valence-electron chi connectivity index (χ3n) is 2.01. The number of halogens is 1. The summed E-state index contributed by atoms with van der Waals surface area (Å²) >= 11 is 5.92. The average Bonchev–Trinajstić information content (AvgIpc) is 2.17. The van der Waals surface area contributed by atoms with Crippen LogP contribution in [0.4, 0.5) is 0 Å². The van der Waals surface area contributed by atoms with Crippen LogP contribution < -0.4 is 4.74 Å². The Morgan fingerprint density at radius 3 is 2.57 bits per heavy atom. The summed E-state index contributed by atoms with van der Waals surface area (Å²) in [7, 11) is 1.49. The van der Waals surface area contributed by atoms with Crippen molar-refractivity contribution in [3.05, 3.63) is 28.3 Å². The number of ether oxygens (including phenoxy) is 1. The smallest absolute Gasteiger partial charge is 0.138 e. The number of aliphatic hydroxyl groups excluding tert-OH is 2. The van der Waals surface area contributed by atoms with Gasteiger partial charge >= 0.3 is 0 Å². The highest BCUT2D eigenvalue weighted by Gasteiger charge is 2.11. The van der Waals surface area contributed by atoms with Gasteiger partial charge in [0.05, 0.1) is 24.8 Å². The monoisotopic (exact) mass is 216 g/mol. The minimum absolute atomic E-state index is 0.171. The van der Waals surface area contributed by atoms with E-state index in [0.29, 0.717) is 21.9 Å². The average molecular weight is 217 g/mol. The van der Waals surface area contributed by atoms with E-state index in [1.54, 1.807) is 19.1 Å². The summed E-state index contributed by atoms with van der Waals surface area (Å²) in [5.74, 6) is 0.467. The molecule has 1 unspecified atom stereocenters. The maximum absolute atomic E-state index is 9.37. The molecule has 1 rings (SSSR count). The molecule has 0 aliphatic heterocycles. The van der Waals surface area contributed by atoms with Crippen LogP contribution in [0.1, 0.15) is 24.2 Å². The highest BCUT2D eigenvalue weighted by molar-refractivity contribution is 6.32. The second kappa shape index (κ2) is 4.64. The van der Waals surface area contributed by atoms with Crippen LogP contribution in [0.3, 0.4) is 0 Å². The quantitative estimate of drug-likeness (QED) is 0.812. The van der Waals surface area contributed by atoms with Crippen molar-refractivity contribution in [3.8, 4) is 5.75 Å². The first-order chi connectivity index (χ1) is 6.60. The van der Waals surface area contributed by atoms with Crippen molar-refractivity contribution in [1.82, 2.24) is 0 Å². The lowest BCUT2D eigenvalue weighted by molar-refractivity contribution is 0.198. The lowest BCUT2D eigenvalue weighted by Gasteiger charge is -2.12. The van der Waals surface area contributed by atoms with Crippen molar-refractivity contribution in [3.63, 3.8) is 0 Å². The zero-order chi connectivity index (χ0) is 10.7. The van der Waals surface area contributed by atoms with Crippen molar-refractivity contribution >= 4 is 11.6 Å². The van der Waals surface area contributed by atoms with E-state index in [9.17, 15) is 5.11 Å². The third-order valence-corrected chi connectivity index (χ3v) is 2.44. The second-order valence-corrected chi connectivity index (χ2v) is 3.41. The zero-order valence-electron chi connectivity index (χ0n) is 8.12. The number of hydrogen-bond acceptors (Lipinski definition) is 3. The highest BCUT2D eigenvalue weighted by atomic mass is 35.5. The van der Waals surface area contributed by atoms with E-state index in [0.717, 1.165) is 0 Å². The van der Waals surface area contributed by atoms with Crippen LogP contribution in [-0.4, -0.2) is 17.3 Å². The SMILES string of the molecule is COc1cc(C(C)O)cc(CO)c1Cl. The number of hydrogen-bond donors (Lipinski definition) is 2. The maximum Gasteiger partial charge on any atom is 0.138 e. The van der Waals surface area contributed by atoms with Gasteiger partial charge < -0.3 is 14.9 Å². The van der Waals surface area contributed by atoms with Gasteiger partial charge in [-0.3, -0.25) is 0 Å². The van der Waals surface area contributed by atoms with Crippen LogP contribution in [0.15, 0.2) is 12.1 Å². The molecule has 0 saturated heterocycles. The van der Waals surface area contributed by atoms with Gasteiger partial charge in [0.1, 0.15) is 5.75 Å². The molecule has 3 nitrogen and oxygen atoms in total. The van der Waals surface area contributed by atoms with E-state index in [1.165, 1.54) is 7.11 Å². The molecule has 0 radical (unpaired) electrons. The molecular formula is C10H13ClO3. The summed E-state index contributed by atoms with van der Waals surface area (Å²) in [5, 5.41) is 18.8. The van der Waals surface area contributed by atoms with E-state index in [2.05, 4.69) is 0 Å². The van der Waals surface area contributed by atoms with Crippen LogP contribution in [0.5, 0.6) is 5.75 Å². The summed E-state index contributed by atoms with van der Waals surface area (Å²) < 4.78 is 5.02. The van der Waals surface area contributed by atoms with Crippen LogP contribution in [0.25, 0.3) is 0 Å². The van der Waals surface area contributed by atoms with Gasteiger partial charge in [0.25, 0.3) is 0 Å². The number of aliphatic hydroxyl groups is 2. The highest BCUT2D eigenvalue weighted by Crippen LogP contribution is 2.31. The number of benzene rings is 1. The Labute approximate surface area is 87.9 Å². The van der Waals surface area contributed by atoms with Crippen LogP contribution in [0.2, 0.25) is 5.02 Å².